The van der Waals surface area contributed by atoms with Crippen molar-refractivity contribution in [2.75, 3.05) is 0 Å². The molecule has 0 unspecified atom stereocenters. The summed E-state index contributed by atoms with van der Waals surface area (Å²) in [7, 11) is 0. The van der Waals surface area contributed by atoms with E-state index in [0.29, 0.717) is 0 Å². The van der Waals surface area contributed by atoms with Gasteiger partial charge in [-0.05, 0) is 40.5 Å². The molecule has 0 aliphatic rings. The molecule has 0 saturated heterocycles. The molecule has 1 aromatic heterocycles. The number of hydrogen-bond donors (Lipinski definition) is 0. The Morgan fingerprint density at radius 2 is 1.55 bits per heavy atom. The summed E-state index contributed by atoms with van der Waals surface area (Å²) in [6.45, 7) is 2.20. The maximum atomic E-state index is 4.61. The zero-order valence-electron chi connectivity index (χ0n) is 12.5. The number of aromatic nitrogens is 1. The second kappa shape index (κ2) is 5.54. The second-order valence-corrected chi connectivity index (χ2v) is 6.68. The van der Waals surface area contributed by atoms with Gasteiger partial charge >= 0.3 is 0 Å². The van der Waals surface area contributed by atoms with E-state index in [1.165, 1.54) is 37.0 Å². The minimum Gasteiger partial charge on any atom is -0.249 e. The molecular weight excluding hydrogens is 286 g/mol. The summed E-state index contributed by atoms with van der Waals surface area (Å²) in [6, 6.07) is 19.6. The van der Waals surface area contributed by atoms with Gasteiger partial charge in [0.25, 0.3) is 0 Å². The summed E-state index contributed by atoms with van der Waals surface area (Å²) in [4.78, 5) is 5.89. The van der Waals surface area contributed by atoms with Crippen molar-refractivity contribution in [3.8, 4) is 10.4 Å². The lowest BCUT2D eigenvalue weighted by Gasteiger charge is -2.09. The number of nitrogens with zero attached hydrogens (tertiary/aromatic N) is 1. The first kappa shape index (κ1) is 13.5. The van der Waals surface area contributed by atoms with E-state index in [1.807, 2.05) is 17.5 Å². The zero-order valence-corrected chi connectivity index (χ0v) is 13.4. The third kappa shape index (κ3) is 2.20. The van der Waals surface area contributed by atoms with Gasteiger partial charge in [0, 0.05) is 11.8 Å². The lowest BCUT2D eigenvalue weighted by molar-refractivity contribution is 0.909. The first-order chi connectivity index (χ1) is 10.9. The van der Waals surface area contributed by atoms with Gasteiger partial charge in [0.15, 0.2) is 0 Å². The van der Waals surface area contributed by atoms with E-state index in [2.05, 4.69) is 66.5 Å². The fourth-order valence-electron chi connectivity index (χ4n) is 3.03. The molecule has 3 aromatic carbocycles. The summed E-state index contributed by atoms with van der Waals surface area (Å²) in [5, 5.41) is 6.44. The summed E-state index contributed by atoms with van der Waals surface area (Å²) >= 11 is 1.83. The molecule has 0 bridgehead atoms. The monoisotopic (exact) mass is 303 g/mol. The lowest BCUT2D eigenvalue weighted by Crippen LogP contribution is -1.82. The topological polar surface area (TPSA) is 12.9 Å². The second-order valence-electron chi connectivity index (χ2n) is 5.56. The molecule has 22 heavy (non-hydrogen) atoms. The Balaban J connectivity index is 2.07. The quantitative estimate of drug-likeness (QED) is 0.419. The minimum atomic E-state index is 1.06. The highest BCUT2D eigenvalue weighted by Gasteiger charge is 2.12. The Bertz CT molecular complexity index is 898. The van der Waals surface area contributed by atoms with Crippen molar-refractivity contribution in [2.24, 2.45) is 0 Å². The molecule has 0 fully saturated rings. The van der Waals surface area contributed by atoms with Gasteiger partial charge in [0.05, 0.1) is 9.88 Å². The van der Waals surface area contributed by atoms with Crippen LogP contribution in [0.2, 0.25) is 0 Å². The zero-order chi connectivity index (χ0) is 14.9. The van der Waals surface area contributed by atoms with Crippen LogP contribution in [0.4, 0.5) is 0 Å². The standard InChI is InChI=1S/C20H17NS/c1-2-7-19-21-13-18(22-19)20-16-10-5-3-8-14(16)12-15-9-4-6-11-17(15)20/h3-6,8-13H,2,7H2,1H3. The summed E-state index contributed by atoms with van der Waals surface area (Å²) < 4.78 is 0. The van der Waals surface area contributed by atoms with Crippen LogP contribution < -0.4 is 0 Å². The first-order valence-electron chi connectivity index (χ1n) is 7.72. The third-order valence-corrected chi connectivity index (χ3v) is 5.11. The van der Waals surface area contributed by atoms with Gasteiger partial charge in [-0.3, -0.25) is 0 Å². The largest absolute Gasteiger partial charge is 0.249 e. The summed E-state index contributed by atoms with van der Waals surface area (Å²) in [5.41, 5.74) is 1.33. The van der Waals surface area contributed by atoms with Crippen LogP contribution in [0.1, 0.15) is 18.4 Å². The Labute approximate surface area is 134 Å². The normalized spacial score (nSPS) is 11.3. The molecule has 0 aliphatic carbocycles. The van der Waals surface area contributed by atoms with Gasteiger partial charge in [0.2, 0.25) is 0 Å². The first-order valence-corrected chi connectivity index (χ1v) is 8.54. The van der Waals surface area contributed by atoms with Crippen molar-refractivity contribution in [2.45, 2.75) is 19.8 Å². The molecule has 1 nitrogen and oxygen atoms in total. The highest BCUT2D eigenvalue weighted by Crippen LogP contribution is 2.38. The molecule has 0 N–H and O–H groups in total. The van der Waals surface area contributed by atoms with Gasteiger partial charge < -0.3 is 0 Å². The molecule has 0 saturated carbocycles. The highest BCUT2D eigenvalue weighted by molar-refractivity contribution is 7.15. The van der Waals surface area contributed by atoms with E-state index in [4.69, 9.17) is 0 Å². The molecule has 2 heteroatoms. The van der Waals surface area contributed by atoms with Crippen LogP contribution in [0.5, 0.6) is 0 Å². The predicted octanol–water partition coefficient (Wildman–Crippen LogP) is 6.07. The third-order valence-electron chi connectivity index (χ3n) is 4.04. The summed E-state index contributed by atoms with van der Waals surface area (Å²) in [5.74, 6) is 0. The van der Waals surface area contributed by atoms with Crippen LogP contribution in [0.3, 0.4) is 0 Å². The van der Waals surface area contributed by atoms with Crippen molar-refractivity contribution in [3.63, 3.8) is 0 Å². The van der Waals surface area contributed by atoms with E-state index in [0.717, 1.165) is 12.8 Å². The predicted molar refractivity (Wildman–Crippen MR) is 96.6 cm³/mol. The number of rotatable bonds is 3. The van der Waals surface area contributed by atoms with Crippen molar-refractivity contribution in [3.05, 3.63) is 65.8 Å². The van der Waals surface area contributed by atoms with Crippen LogP contribution >= 0.6 is 11.3 Å². The SMILES string of the molecule is CCCc1ncc(-c2c3ccccc3cc3ccccc23)s1. The minimum absolute atomic E-state index is 1.06. The smallest absolute Gasteiger partial charge is 0.0931 e. The van der Waals surface area contributed by atoms with E-state index in [9.17, 15) is 0 Å². The molecule has 108 valence electrons. The average molecular weight is 303 g/mol. The summed E-state index contributed by atoms with van der Waals surface area (Å²) in [6.07, 6.45) is 4.25. The molecule has 0 radical (unpaired) electrons. The van der Waals surface area contributed by atoms with E-state index < -0.39 is 0 Å². The van der Waals surface area contributed by atoms with Gasteiger partial charge in [-0.1, -0.05) is 55.5 Å². The van der Waals surface area contributed by atoms with Gasteiger partial charge in [-0.25, -0.2) is 4.98 Å². The van der Waals surface area contributed by atoms with Crippen molar-refractivity contribution in [1.82, 2.24) is 4.98 Å². The van der Waals surface area contributed by atoms with Crippen LogP contribution in [0, 0.1) is 0 Å². The highest BCUT2D eigenvalue weighted by atomic mass is 32.1. The Hall–Kier alpha value is -2.19. The lowest BCUT2D eigenvalue weighted by atomic mass is 9.96. The molecular formula is C20H17NS. The van der Waals surface area contributed by atoms with E-state index >= 15 is 0 Å². The number of hydrogen-bond acceptors (Lipinski definition) is 2. The van der Waals surface area contributed by atoms with Gasteiger partial charge in [0.1, 0.15) is 0 Å². The molecule has 0 amide bonds. The molecule has 4 aromatic rings. The molecule has 0 atom stereocenters. The molecule has 4 rings (SSSR count). The number of thiazole rings is 1. The molecule has 0 spiro atoms. The average Bonchev–Trinajstić information content (AvgIpc) is 3.01. The van der Waals surface area contributed by atoms with Crippen molar-refractivity contribution >= 4 is 32.9 Å². The van der Waals surface area contributed by atoms with Crippen molar-refractivity contribution in [1.29, 1.82) is 0 Å². The fraction of sp³-hybridized carbons (Fsp3) is 0.150. The number of aryl methyl sites for hydroxylation is 1. The maximum Gasteiger partial charge on any atom is 0.0931 e. The van der Waals surface area contributed by atoms with Crippen LogP contribution in [-0.2, 0) is 6.42 Å². The van der Waals surface area contributed by atoms with Gasteiger partial charge in [-0.2, -0.15) is 0 Å². The van der Waals surface area contributed by atoms with E-state index in [-0.39, 0.29) is 0 Å². The van der Waals surface area contributed by atoms with Crippen LogP contribution in [0.25, 0.3) is 32.0 Å². The Morgan fingerprint density at radius 1 is 0.909 bits per heavy atom. The van der Waals surface area contributed by atoms with E-state index in [1.54, 1.807) is 0 Å². The van der Waals surface area contributed by atoms with Crippen LogP contribution in [-0.4, -0.2) is 4.98 Å². The fourth-order valence-corrected chi connectivity index (χ4v) is 4.13. The Morgan fingerprint density at radius 3 is 2.18 bits per heavy atom. The van der Waals surface area contributed by atoms with Gasteiger partial charge in [-0.15, -0.1) is 11.3 Å². The Kier molecular flexibility index (Phi) is 3.39. The number of benzene rings is 3. The maximum absolute atomic E-state index is 4.61. The van der Waals surface area contributed by atoms with Crippen LogP contribution in [0.15, 0.2) is 60.8 Å². The molecule has 1 heterocycles. The van der Waals surface area contributed by atoms with Crippen molar-refractivity contribution < 1.29 is 0 Å². The molecule has 0 aliphatic heterocycles. The number of fused-ring (bicyclic) bond motifs is 2.